The maximum absolute atomic E-state index is 5.88. The molecule has 0 saturated carbocycles. The predicted octanol–water partition coefficient (Wildman–Crippen LogP) is 6.07. The van der Waals surface area contributed by atoms with Gasteiger partial charge in [0.25, 0.3) is 0 Å². The van der Waals surface area contributed by atoms with Gasteiger partial charge >= 0.3 is 0 Å². The molecule has 4 heteroatoms. The van der Waals surface area contributed by atoms with Crippen molar-refractivity contribution in [1.82, 2.24) is 4.98 Å². The fraction of sp³-hybridized carbons (Fsp3) is 0.375. The molecular weight excluding hydrogens is 348 g/mol. The van der Waals surface area contributed by atoms with E-state index in [2.05, 4.69) is 23.3 Å². The Morgan fingerprint density at radius 3 is 2.43 bits per heavy atom. The highest BCUT2D eigenvalue weighted by Crippen LogP contribution is 2.22. The molecule has 0 saturated heterocycles. The molecule has 1 aromatic heterocycles. The van der Waals surface area contributed by atoms with E-state index >= 15 is 0 Å². The molecule has 0 atom stereocenters. The fourth-order valence-corrected chi connectivity index (χ4v) is 3.11. The molecule has 0 aliphatic heterocycles. The lowest BCUT2D eigenvalue weighted by molar-refractivity contribution is 0.294. The Balaban J connectivity index is 1.38. The summed E-state index contributed by atoms with van der Waals surface area (Å²) in [5.74, 6) is 1.75. The molecule has 1 heterocycles. The van der Waals surface area contributed by atoms with Crippen molar-refractivity contribution in [3.8, 4) is 11.5 Å². The molecule has 3 rings (SSSR count). The fourth-order valence-electron chi connectivity index (χ4n) is 3.11. The second kappa shape index (κ2) is 11.2. The first-order valence-electron chi connectivity index (χ1n) is 10.3. The summed E-state index contributed by atoms with van der Waals surface area (Å²) in [6.45, 7) is 4.50. The van der Waals surface area contributed by atoms with E-state index in [-0.39, 0.29) is 0 Å². The second-order valence-electron chi connectivity index (χ2n) is 6.89. The van der Waals surface area contributed by atoms with Crippen LogP contribution >= 0.6 is 0 Å². The van der Waals surface area contributed by atoms with Crippen molar-refractivity contribution in [1.29, 1.82) is 0 Å². The van der Waals surface area contributed by atoms with E-state index < -0.39 is 0 Å². The van der Waals surface area contributed by atoms with Crippen LogP contribution in [0.4, 0.5) is 5.69 Å². The van der Waals surface area contributed by atoms with Gasteiger partial charge in [0.1, 0.15) is 11.5 Å². The third-order valence-electron chi connectivity index (χ3n) is 4.63. The lowest BCUT2D eigenvalue weighted by Crippen LogP contribution is -2.07. The van der Waals surface area contributed by atoms with E-state index in [9.17, 15) is 0 Å². The van der Waals surface area contributed by atoms with Crippen LogP contribution in [-0.4, -0.2) is 24.7 Å². The number of rotatable bonds is 12. The molecule has 0 bridgehead atoms. The van der Waals surface area contributed by atoms with Gasteiger partial charge < -0.3 is 14.8 Å². The van der Waals surface area contributed by atoms with Gasteiger partial charge in [-0.15, -0.1) is 0 Å². The largest absolute Gasteiger partial charge is 0.493 e. The van der Waals surface area contributed by atoms with Crippen molar-refractivity contribution in [3.05, 3.63) is 60.8 Å². The molecule has 4 nitrogen and oxygen atoms in total. The topological polar surface area (TPSA) is 43.4 Å². The molecule has 0 aliphatic rings. The molecule has 0 amide bonds. The Morgan fingerprint density at radius 2 is 1.61 bits per heavy atom. The van der Waals surface area contributed by atoms with Gasteiger partial charge in [-0.2, -0.15) is 0 Å². The number of ether oxygens (including phenoxy) is 2. The van der Waals surface area contributed by atoms with Crippen molar-refractivity contribution < 1.29 is 9.47 Å². The van der Waals surface area contributed by atoms with Crippen molar-refractivity contribution >= 4 is 16.6 Å². The summed E-state index contributed by atoms with van der Waals surface area (Å²) < 4.78 is 11.7. The average molecular weight is 379 g/mol. The van der Waals surface area contributed by atoms with Crippen molar-refractivity contribution in [2.75, 3.05) is 25.1 Å². The standard InChI is InChI=1S/C24H30N2O2/c1-2-3-4-7-17-27-20-10-8-11-21(19-20)28-18-9-15-25-24-14-16-26-23-13-6-5-12-22(23)24/h5-6,8,10-14,16,19H,2-4,7,9,15,17-18H2,1H3,(H,25,26). The van der Waals surface area contributed by atoms with Crippen molar-refractivity contribution in [3.63, 3.8) is 0 Å². The molecular formula is C24H30N2O2. The van der Waals surface area contributed by atoms with Gasteiger partial charge in [-0.3, -0.25) is 4.98 Å². The Hall–Kier alpha value is -2.75. The van der Waals surface area contributed by atoms with Gasteiger partial charge in [-0.25, -0.2) is 0 Å². The summed E-state index contributed by atoms with van der Waals surface area (Å²) in [5.41, 5.74) is 2.12. The number of benzene rings is 2. The Kier molecular flexibility index (Phi) is 7.98. The first-order valence-corrected chi connectivity index (χ1v) is 10.3. The maximum atomic E-state index is 5.88. The van der Waals surface area contributed by atoms with Crippen LogP contribution < -0.4 is 14.8 Å². The van der Waals surface area contributed by atoms with E-state index in [1.807, 2.05) is 54.7 Å². The highest BCUT2D eigenvalue weighted by atomic mass is 16.5. The molecule has 0 radical (unpaired) electrons. The molecule has 0 aliphatic carbocycles. The Morgan fingerprint density at radius 1 is 0.821 bits per heavy atom. The highest BCUT2D eigenvalue weighted by molar-refractivity contribution is 5.90. The quantitative estimate of drug-likeness (QED) is 0.388. The van der Waals surface area contributed by atoms with E-state index in [4.69, 9.17) is 9.47 Å². The summed E-state index contributed by atoms with van der Waals surface area (Å²) in [6, 6.07) is 18.1. The number of hydrogen-bond donors (Lipinski definition) is 1. The van der Waals surface area contributed by atoms with Crippen LogP contribution in [0.2, 0.25) is 0 Å². The number of anilines is 1. The Labute approximate surface area is 167 Å². The van der Waals surface area contributed by atoms with Crippen molar-refractivity contribution in [2.24, 2.45) is 0 Å². The number of pyridine rings is 1. The molecule has 2 aromatic carbocycles. The zero-order valence-electron chi connectivity index (χ0n) is 16.7. The third kappa shape index (κ3) is 6.15. The smallest absolute Gasteiger partial charge is 0.122 e. The highest BCUT2D eigenvalue weighted by Gasteiger charge is 2.01. The molecule has 3 aromatic rings. The van der Waals surface area contributed by atoms with Crippen LogP contribution in [0.1, 0.15) is 39.0 Å². The van der Waals surface area contributed by atoms with Crippen LogP contribution in [0, 0.1) is 0 Å². The zero-order chi connectivity index (χ0) is 19.4. The van der Waals surface area contributed by atoms with E-state index in [0.29, 0.717) is 6.61 Å². The van der Waals surface area contributed by atoms with Gasteiger partial charge in [0.05, 0.1) is 18.7 Å². The number of nitrogens with one attached hydrogen (secondary N) is 1. The summed E-state index contributed by atoms with van der Waals surface area (Å²) in [6.07, 6.45) is 7.61. The first kappa shape index (κ1) is 20.0. The molecule has 0 fully saturated rings. The maximum Gasteiger partial charge on any atom is 0.122 e. The lowest BCUT2D eigenvalue weighted by atomic mass is 10.2. The van der Waals surface area contributed by atoms with Crippen molar-refractivity contribution in [2.45, 2.75) is 39.0 Å². The minimum atomic E-state index is 0.663. The van der Waals surface area contributed by atoms with E-state index in [1.54, 1.807) is 0 Å². The monoisotopic (exact) mass is 378 g/mol. The molecule has 28 heavy (non-hydrogen) atoms. The van der Waals surface area contributed by atoms with Crippen LogP contribution in [-0.2, 0) is 0 Å². The average Bonchev–Trinajstić information content (AvgIpc) is 2.74. The van der Waals surface area contributed by atoms with E-state index in [0.717, 1.165) is 54.1 Å². The van der Waals surface area contributed by atoms with Gasteiger partial charge in [0.2, 0.25) is 0 Å². The number of unbranched alkanes of at least 4 members (excludes halogenated alkanes) is 3. The van der Waals surface area contributed by atoms with Gasteiger partial charge in [-0.1, -0.05) is 50.5 Å². The summed E-state index contributed by atoms with van der Waals surface area (Å²) in [5, 5.41) is 4.63. The Bertz CT molecular complexity index is 845. The SMILES string of the molecule is CCCCCCOc1cccc(OCCCNc2ccnc3ccccc23)c1. The number of para-hydroxylation sites is 1. The summed E-state index contributed by atoms with van der Waals surface area (Å²) in [4.78, 5) is 4.39. The normalized spacial score (nSPS) is 10.8. The van der Waals surface area contributed by atoms with Crippen LogP contribution in [0.3, 0.4) is 0 Å². The predicted molar refractivity (Wildman–Crippen MR) is 116 cm³/mol. The van der Waals surface area contributed by atoms with Gasteiger partial charge in [0.15, 0.2) is 0 Å². The van der Waals surface area contributed by atoms with Crippen LogP contribution in [0.5, 0.6) is 11.5 Å². The minimum Gasteiger partial charge on any atom is -0.493 e. The van der Waals surface area contributed by atoms with Crippen LogP contribution in [0.15, 0.2) is 60.8 Å². The minimum absolute atomic E-state index is 0.663. The number of aromatic nitrogens is 1. The summed E-state index contributed by atoms with van der Waals surface area (Å²) in [7, 11) is 0. The van der Waals surface area contributed by atoms with Crippen LogP contribution in [0.25, 0.3) is 10.9 Å². The molecule has 1 N–H and O–H groups in total. The summed E-state index contributed by atoms with van der Waals surface area (Å²) >= 11 is 0. The first-order chi connectivity index (χ1) is 13.9. The molecule has 0 unspecified atom stereocenters. The van der Waals surface area contributed by atoms with Gasteiger partial charge in [0, 0.05) is 29.9 Å². The van der Waals surface area contributed by atoms with E-state index in [1.165, 1.54) is 19.3 Å². The van der Waals surface area contributed by atoms with Gasteiger partial charge in [-0.05, 0) is 37.1 Å². The zero-order valence-corrected chi connectivity index (χ0v) is 16.7. The molecule has 0 spiro atoms. The second-order valence-corrected chi connectivity index (χ2v) is 6.89. The third-order valence-corrected chi connectivity index (χ3v) is 4.63. The number of fused-ring (bicyclic) bond motifs is 1. The number of nitrogens with zero attached hydrogens (tertiary/aromatic N) is 1. The molecule has 148 valence electrons. The lowest BCUT2D eigenvalue weighted by Gasteiger charge is -2.11. The number of hydrogen-bond acceptors (Lipinski definition) is 4.